The fourth-order valence-corrected chi connectivity index (χ4v) is 2.01. The van der Waals surface area contributed by atoms with Crippen molar-refractivity contribution in [2.45, 2.75) is 18.9 Å². The molecule has 1 aromatic heterocycles. The molecule has 1 N–H and O–H groups in total. The Morgan fingerprint density at radius 3 is 3.00 bits per heavy atom. The second-order valence-electron chi connectivity index (χ2n) is 4.30. The first-order valence-electron chi connectivity index (χ1n) is 5.59. The molecule has 6 nitrogen and oxygen atoms in total. The highest BCUT2D eigenvalue weighted by Crippen LogP contribution is 2.24. The Morgan fingerprint density at radius 2 is 2.35 bits per heavy atom. The van der Waals surface area contributed by atoms with Crippen LogP contribution in [0, 0.1) is 0 Å². The van der Waals surface area contributed by atoms with Gasteiger partial charge in [0.05, 0.1) is 0 Å². The van der Waals surface area contributed by atoms with Crippen molar-refractivity contribution in [3.05, 3.63) is 12.3 Å². The molecule has 0 aromatic carbocycles. The highest BCUT2D eigenvalue weighted by atomic mass is 16.4. The van der Waals surface area contributed by atoms with E-state index in [9.17, 15) is 4.79 Å². The summed E-state index contributed by atoms with van der Waals surface area (Å²) in [6, 6.07) is 1.30. The van der Waals surface area contributed by atoms with E-state index in [0.717, 1.165) is 13.0 Å². The van der Waals surface area contributed by atoms with Gasteiger partial charge in [0, 0.05) is 26.8 Å². The quantitative estimate of drug-likeness (QED) is 0.828. The van der Waals surface area contributed by atoms with Crippen LogP contribution < -0.4 is 9.80 Å². The molecule has 6 heteroatoms. The Labute approximate surface area is 99.9 Å². The van der Waals surface area contributed by atoms with Gasteiger partial charge >= 0.3 is 5.97 Å². The van der Waals surface area contributed by atoms with E-state index in [4.69, 9.17) is 5.11 Å². The average Bonchev–Trinajstić information content (AvgIpc) is 2.78. The van der Waals surface area contributed by atoms with E-state index in [0.29, 0.717) is 18.2 Å². The van der Waals surface area contributed by atoms with Crippen LogP contribution >= 0.6 is 0 Å². The monoisotopic (exact) mass is 236 g/mol. The zero-order chi connectivity index (χ0) is 12.4. The first-order chi connectivity index (χ1) is 8.09. The Morgan fingerprint density at radius 1 is 1.59 bits per heavy atom. The number of aliphatic carboxylic acids is 1. The minimum atomic E-state index is -0.785. The second kappa shape index (κ2) is 4.57. The maximum Gasteiger partial charge on any atom is 0.326 e. The molecule has 0 saturated carbocycles. The van der Waals surface area contributed by atoms with Gasteiger partial charge in [-0.25, -0.2) is 9.78 Å². The van der Waals surface area contributed by atoms with E-state index in [1.54, 1.807) is 17.2 Å². The molecule has 0 amide bonds. The Hall–Kier alpha value is -1.85. The van der Waals surface area contributed by atoms with Crippen LogP contribution in [0.3, 0.4) is 0 Å². The number of anilines is 2. The molecule has 1 unspecified atom stereocenters. The van der Waals surface area contributed by atoms with E-state index in [1.165, 1.54) is 0 Å². The van der Waals surface area contributed by atoms with Gasteiger partial charge in [-0.2, -0.15) is 4.98 Å². The first-order valence-corrected chi connectivity index (χ1v) is 5.59. The minimum Gasteiger partial charge on any atom is -0.480 e. The molecule has 0 spiro atoms. The van der Waals surface area contributed by atoms with Crippen LogP contribution in [-0.2, 0) is 4.79 Å². The largest absolute Gasteiger partial charge is 0.480 e. The summed E-state index contributed by atoms with van der Waals surface area (Å²) in [7, 11) is 3.72. The van der Waals surface area contributed by atoms with E-state index in [1.807, 2.05) is 19.0 Å². The van der Waals surface area contributed by atoms with Gasteiger partial charge < -0.3 is 14.9 Å². The van der Waals surface area contributed by atoms with Crippen LogP contribution in [0.15, 0.2) is 12.3 Å². The number of rotatable bonds is 3. The van der Waals surface area contributed by atoms with Gasteiger partial charge in [-0.3, -0.25) is 0 Å². The third-order valence-corrected chi connectivity index (χ3v) is 2.86. The molecule has 92 valence electrons. The lowest BCUT2D eigenvalue weighted by molar-refractivity contribution is -0.138. The number of carboxylic acid groups (broad SMARTS) is 1. The van der Waals surface area contributed by atoms with Gasteiger partial charge in [-0.15, -0.1) is 0 Å². The molecule has 1 atom stereocenters. The SMILES string of the molecule is CN(C)c1nccc(N2CCCC2C(=O)O)n1. The van der Waals surface area contributed by atoms with Crippen molar-refractivity contribution in [3.8, 4) is 0 Å². The van der Waals surface area contributed by atoms with Gasteiger partial charge in [0.2, 0.25) is 5.95 Å². The fraction of sp³-hybridized carbons (Fsp3) is 0.545. The van der Waals surface area contributed by atoms with E-state index in [-0.39, 0.29) is 0 Å². The summed E-state index contributed by atoms with van der Waals surface area (Å²) in [6.45, 7) is 0.737. The van der Waals surface area contributed by atoms with Gasteiger partial charge in [0.25, 0.3) is 0 Å². The van der Waals surface area contributed by atoms with Crippen LogP contribution in [0.1, 0.15) is 12.8 Å². The molecule has 0 bridgehead atoms. The van der Waals surface area contributed by atoms with Crippen molar-refractivity contribution in [3.63, 3.8) is 0 Å². The summed E-state index contributed by atoms with van der Waals surface area (Å²) < 4.78 is 0. The molecule has 2 rings (SSSR count). The van der Waals surface area contributed by atoms with E-state index in [2.05, 4.69) is 9.97 Å². The second-order valence-corrected chi connectivity index (χ2v) is 4.30. The summed E-state index contributed by atoms with van der Waals surface area (Å²) in [6.07, 6.45) is 3.23. The lowest BCUT2D eigenvalue weighted by Gasteiger charge is -2.23. The average molecular weight is 236 g/mol. The number of aromatic nitrogens is 2. The summed E-state index contributed by atoms with van der Waals surface area (Å²) in [4.78, 5) is 23.2. The maximum atomic E-state index is 11.1. The van der Waals surface area contributed by atoms with E-state index >= 15 is 0 Å². The molecule has 0 aliphatic carbocycles. The highest BCUT2D eigenvalue weighted by molar-refractivity contribution is 5.78. The summed E-state index contributed by atoms with van der Waals surface area (Å²) in [5.74, 6) is 0.500. The van der Waals surface area contributed by atoms with Crippen LogP contribution in [0.4, 0.5) is 11.8 Å². The molecule has 17 heavy (non-hydrogen) atoms. The highest BCUT2D eigenvalue weighted by Gasteiger charge is 2.31. The van der Waals surface area contributed by atoms with Crippen molar-refractivity contribution in [1.82, 2.24) is 9.97 Å². The number of carboxylic acids is 1. The van der Waals surface area contributed by atoms with Crippen LogP contribution in [0.25, 0.3) is 0 Å². The molecule has 1 fully saturated rings. The number of hydrogen-bond donors (Lipinski definition) is 1. The molecular weight excluding hydrogens is 220 g/mol. The lowest BCUT2D eigenvalue weighted by Crippen LogP contribution is -2.36. The fourth-order valence-electron chi connectivity index (χ4n) is 2.01. The molecular formula is C11H16N4O2. The summed E-state index contributed by atoms with van der Waals surface area (Å²) in [5, 5.41) is 9.13. The third kappa shape index (κ3) is 2.30. The van der Waals surface area contributed by atoms with Gasteiger partial charge in [-0.05, 0) is 18.9 Å². The Bertz CT molecular complexity index is 422. The molecule has 0 radical (unpaired) electrons. The zero-order valence-electron chi connectivity index (χ0n) is 10.00. The number of hydrogen-bond acceptors (Lipinski definition) is 5. The molecule has 2 heterocycles. The van der Waals surface area contributed by atoms with Crippen molar-refractivity contribution in [2.75, 3.05) is 30.4 Å². The molecule has 1 aliphatic heterocycles. The summed E-state index contributed by atoms with van der Waals surface area (Å²) >= 11 is 0. The van der Waals surface area contributed by atoms with Crippen LogP contribution in [0.2, 0.25) is 0 Å². The zero-order valence-corrected chi connectivity index (χ0v) is 10.00. The van der Waals surface area contributed by atoms with Gasteiger partial charge in [-0.1, -0.05) is 0 Å². The van der Waals surface area contributed by atoms with Crippen LogP contribution in [0.5, 0.6) is 0 Å². The van der Waals surface area contributed by atoms with Crippen molar-refractivity contribution in [1.29, 1.82) is 0 Å². The predicted molar refractivity (Wildman–Crippen MR) is 64.4 cm³/mol. The topological polar surface area (TPSA) is 69.6 Å². The van der Waals surface area contributed by atoms with Crippen molar-refractivity contribution >= 4 is 17.7 Å². The van der Waals surface area contributed by atoms with Gasteiger partial charge in [0.1, 0.15) is 11.9 Å². The third-order valence-electron chi connectivity index (χ3n) is 2.86. The van der Waals surface area contributed by atoms with Crippen molar-refractivity contribution < 1.29 is 9.90 Å². The predicted octanol–water partition coefficient (Wildman–Crippen LogP) is 0.596. The van der Waals surface area contributed by atoms with Crippen molar-refractivity contribution in [2.24, 2.45) is 0 Å². The summed E-state index contributed by atoms with van der Waals surface area (Å²) in [5.41, 5.74) is 0. The minimum absolute atomic E-state index is 0.458. The number of nitrogens with zero attached hydrogens (tertiary/aromatic N) is 4. The normalized spacial score (nSPS) is 19.4. The first kappa shape index (κ1) is 11.6. The Kier molecular flexibility index (Phi) is 3.12. The Balaban J connectivity index is 2.27. The van der Waals surface area contributed by atoms with Crippen LogP contribution in [-0.4, -0.2) is 47.7 Å². The molecule has 1 aromatic rings. The maximum absolute atomic E-state index is 11.1. The lowest BCUT2D eigenvalue weighted by atomic mass is 10.2. The molecule has 1 aliphatic rings. The van der Waals surface area contributed by atoms with Gasteiger partial charge in [0.15, 0.2) is 0 Å². The smallest absolute Gasteiger partial charge is 0.326 e. The molecule has 1 saturated heterocycles. The standard InChI is InChI=1S/C11H16N4O2/c1-14(2)11-12-6-5-9(13-11)15-7-3-4-8(15)10(16)17/h5-6,8H,3-4,7H2,1-2H3,(H,16,17). The van der Waals surface area contributed by atoms with E-state index < -0.39 is 12.0 Å². The number of carbonyl (C=O) groups is 1.